The standard InChI is InChI=1S/C23H21ClN2O4S/c1-25(19-4-3-5-20(15-19)30-2)23(27)17-6-11-22-16(14-17)12-13-26(22)31(28,29)21-9-7-18(24)8-10-21/h3-11,14-15H,12-13H2,1-2H3. The summed E-state index contributed by atoms with van der Waals surface area (Å²) in [5.41, 5.74) is 2.62. The lowest BCUT2D eigenvalue weighted by Gasteiger charge is -2.21. The Balaban J connectivity index is 1.61. The third-order valence-corrected chi connectivity index (χ3v) is 7.41. The Morgan fingerprint density at radius 3 is 2.52 bits per heavy atom. The van der Waals surface area contributed by atoms with Gasteiger partial charge in [-0.1, -0.05) is 17.7 Å². The largest absolute Gasteiger partial charge is 0.497 e. The molecule has 0 atom stereocenters. The smallest absolute Gasteiger partial charge is 0.264 e. The molecule has 3 aromatic carbocycles. The number of sulfonamides is 1. The highest BCUT2D eigenvalue weighted by Gasteiger charge is 2.31. The Labute approximate surface area is 186 Å². The average molecular weight is 457 g/mol. The molecule has 0 N–H and O–H groups in total. The molecule has 0 aromatic heterocycles. The van der Waals surface area contributed by atoms with Crippen molar-refractivity contribution >= 4 is 38.9 Å². The van der Waals surface area contributed by atoms with Gasteiger partial charge in [0, 0.05) is 35.9 Å². The number of halogens is 1. The summed E-state index contributed by atoms with van der Waals surface area (Å²) in [6, 6.07) is 18.5. The summed E-state index contributed by atoms with van der Waals surface area (Å²) >= 11 is 5.88. The number of ether oxygens (including phenoxy) is 1. The molecule has 3 aromatic rings. The number of hydrogen-bond donors (Lipinski definition) is 0. The molecule has 1 heterocycles. The first kappa shape index (κ1) is 21.2. The topological polar surface area (TPSA) is 66.9 Å². The summed E-state index contributed by atoms with van der Waals surface area (Å²) in [6.07, 6.45) is 0.534. The number of hydrogen-bond acceptors (Lipinski definition) is 4. The van der Waals surface area contributed by atoms with E-state index in [1.54, 1.807) is 55.5 Å². The van der Waals surface area contributed by atoms with Crippen molar-refractivity contribution in [3.63, 3.8) is 0 Å². The summed E-state index contributed by atoms with van der Waals surface area (Å²) in [5.74, 6) is 0.476. The summed E-state index contributed by atoms with van der Waals surface area (Å²) < 4.78 is 32.8. The molecule has 0 unspecified atom stereocenters. The van der Waals surface area contributed by atoms with E-state index < -0.39 is 10.0 Å². The number of anilines is 2. The Morgan fingerprint density at radius 1 is 1.06 bits per heavy atom. The van der Waals surface area contributed by atoms with Gasteiger partial charge in [0.2, 0.25) is 0 Å². The maximum Gasteiger partial charge on any atom is 0.264 e. The zero-order valence-electron chi connectivity index (χ0n) is 17.1. The second-order valence-electron chi connectivity index (χ2n) is 7.19. The van der Waals surface area contributed by atoms with Crippen LogP contribution in [0, 0.1) is 0 Å². The van der Waals surface area contributed by atoms with Gasteiger partial charge in [-0.05, 0) is 66.6 Å². The van der Waals surface area contributed by atoms with Crippen LogP contribution in [0.3, 0.4) is 0 Å². The fourth-order valence-corrected chi connectivity index (χ4v) is 5.25. The Morgan fingerprint density at radius 2 is 1.81 bits per heavy atom. The summed E-state index contributed by atoms with van der Waals surface area (Å²) in [6.45, 7) is 0.323. The Kier molecular flexibility index (Phi) is 5.64. The van der Waals surface area contributed by atoms with E-state index in [2.05, 4.69) is 0 Å². The minimum Gasteiger partial charge on any atom is -0.497 e. The number of fused-ring (bicyclic) bond motifs is 1. The predicted molar refractivity (Wildman–Crippen MR) is 122 cm³/mol. The molecule has 0 saturated heterocycles. The van der Waals surface area contributed by atoms with Crippen molar-refractivity contribution in [1.29, 1.82) is 0 Å². The second kappa shape index (κ2) is 8.24. The molecular weight excluding hydrogens is 436 g/mol. The van der Waals surface area contributed by atoms with Gasteiger partial charge in [-0.15, -0.1) is 0 Å². The SMILES string of the molecule is COc1cccc(N(C)C(=O)c2ccc3c(c2)CCN3S(=O)(=O)c2ccc(Cl)cc2)c1. The molecule has 160 valence electrons. The van der Waals surface area contributed by atoms with Crippen LogP contribution in [-0.4, -0.2) is 35.0 Å². The molecule has 0 spiro atoms. The predicted octanol–water partition coefficient (Wildman–Crippen LogP) is 4.38. The van der Waals surface area contributed by atoms with Gasteiger partial charge in [-0.2, -0.15) is 0 Å². The van der Waals surface area contributed by atoms with E-state index in [9.17, 15) is 13.2 Å². The van der Waals surface area contributed by atoms with Gasteiger partial charge < -0.3 is 9.64 Å². The fraction of sp³-hybridized carbons (Fsp3) is 0.174. The van der Waals surface area contributed by atoms with E-state index >= 15 is 0 Å². The lowest BCUT2D eigenvalue weighted by atomic mass is 10.1. The number of nitrogens with zero attached hydrogens (tertiary/aromatic N) is 2. The quantitative estimate of drug-likeness (QED) is 0.571. The number of carbonyl (C=O) groups is 1. The summed E-state index contributed by atoms with van der Waals surface area (Å²) in [5, 5.41) is 0.476. The third-order valence-electron chi connectivity index (χ3n) is 5.33. The van der Waals surface area contributed by atoms with Crippen molar-refractivity contribution < 1.29 is 17.9 Å². The molecule has 4 rings (SSSR count). The lowest BCUT2D eigenvalue weighted by Crippen LogP contribution is -2.29. The van der Waals surface area contributed by atoms with Crippen LogP contribution in [-0.2, 0) is 16.4 Å². The molecule has 0 fully saturated rings. The minimum atomic E-state index is -3.70. The minimum absolute atomic E-state index is 0.183. The fourth-order valence-electron chi connectivity index (χ4n) is 3.62. The van der Waals surface area contributed by atoms with Gasteiger partial charge in [0.25, 0.3) is 15.9 Å². The molecule has 0 bridgehead atoms. The second-order valence-corrected chi connectivity index (χ2v) is 9.49. The van der Waals surface area contributed by atoms with Gasteiger partial charge in [-0.3, -0.25) is 9.10 Å². The van der Waals surface area contributed by atoms with Crippen molar-refractivity contribution in [3.05, 3.63) is 82.9 Å². The first-order chi connectivity index (χ1) is 14.8. The Bertz CT molecular complexity index is 1240. The molecular formula is C23H21ClN2O4S. The van der Waals surface area contributed by atoms with Gasteiger partial charge in [-0.25, -0.2) is 8.42 Å². The van der Waals surface area contributed by atoms with E-state index in [0.717, 1.165) is 5.56 Å². The highest BCUT2D eigenvalue weighted by molar-refractivity contribution is 7.92. The van der Waals surface area contributed by atoms with E-state index in [1.807, 2.05) is 18.2 Å². The maximum atomic E-state index is 13.1. The highest BCUT2D eigenvalue weighted by atomic mass is 35.5. The first-order valence-electron chi connectivity index (χ1n) is 9.64. The molecule has 1 aliphatic rings. The molecule has 0 saturated carbocycles. The van der Waals surface area contributed by atoms with Crippen LogP contribution in [0.25, 0.3) is 0 Å². The van der Waals surface area contributed by atoms with Crippen LogP contribution < -0.4 is 13.9 Å². The van der Waals surface area contributed by atoms with Crippen LogP contribution in [0.4, 0.5) is 11.4 Å². The molecule has 1 amide bonds. The Hall–Kier alpha value is -3.03. The number of carbonyl (C=O) groups excluding carboxylic acids is 1. The monoisotopic (exact) mass is 456 g/mol. The van der Waals surface area contributed by atoms with E-state index in [0.29, 0.717) is 40.7 Å². The number of amides is 1. The molecule has 0 radical (unpaired) electrons. The van der Waals surface area contributed by atoms with E-state index in [-0.39, 0.29) is 10.8 Å². The molecule has 31 heavy (non-hydrogen) atoms. The van der Waals surface area contributed by atoms with Crippen LogP contribution in [0.1, 0.15) is 15.9 Å². The summed E-state index contributed by atoms with van der Waals surface area (Å²) in [7, 11) is -0.433. The van der Waals surface area contributed by atoms with Crippen LogP contribution >= 0.6 is 11.6 Å². The molecule has 0 aliphatic carbocycles. The van der Waals surface area contributed by atoms with Gasteiger partial charge in [0.1, 0.15) is 5.75 Å². The highest BCUT2D eigenvalue weighted by Crippen LogP contribution is 2.34. The third kappa shape index (κ3) is 3.98. The van der Waals surface area contributed by atoms with E-state index in [1.165, 1.54) is 16.4 Å². The van der Waals surface area contributed by atoms with Crippen LogP contribution in [0.15, 0.2) is 71.6 Å². The van der Waals surface area contributed by atoms with Gasteiger partial charge >= 0.3 is 0 Å². The molecule has 6 nitrogen and oxygen atoms in total. The van der Waals surface area contributed by atoms with Crippen LogP contribution in [0.2, 0.25) is 5.02 Å². The van der Waals surface area contributed by atoms with Gasteiger partial charge in [0.15, 0.2) is 0 Å². The number of benzene rings is 3. The number of rotatable bonds is 5. The van der Waals surface area contributed by atoms with Crippen molar-refractivity contribution in [2.24, 2.45) is 0 Å². The normalized spacial score (nSPS) is 13.1. The average Bonchev–Trinajstić information content (AvgIpc) is 3.22. The number of methoxy groups -OCH3 is 1. The lowest BCUT2D eigenvalue weighted by molar-refractivity contribution is 0.0993. The maximum absolute atomic E-state index is 13.1. The van der Waals surface area contributed by atoms with Crippen molar-refractivity contribution in [1.82, 2.24) is 0 Å². The van der Waals surface area contributed by atoms with Crippen molar-refractivity contribution in [2.45, 2.75) is 11.3 Å². The first-order valence-corrected chi connectivity index (χ1v) is 11.5. The van der Waals surface area contributed by atoms with E-state index in [4.69, 9.17) is 16.3 Å². The van der Waals surface area contributed by atoms with Crippen LogP contribution in [0.5, 0.6) is 5.75 Å². The van der Waals surface area contributed by atoms with Crippen molar-refractivity contribution in [2.75, 3.05) is 29.9 Å². The van der Waals surface area contributed by atoms with Crippen molar-refractivity contribution in [3.8, 4) is 5.75 Å². The summed E-state index contributed by atoms with van der Waals surface area (Å²) in [4.78, 5) is 14.7. The van der Waals surface area contributed by atoms with Gasteiger partial charge in [0.05, 0.1) is 17.7 Å². The zero-order chi connectivity index (χ0) is 22.2. The molecule has 1 aliphatic heterocycles. The molecule has 8 heteroatoms. The zero-order valence-corrected chi connectivity index (χ0v) is 18.7.